The third kappa shape index (κ3) is 2.60. The number of hydrogen-bond acceptors (Lipinski definition) is 1. The Bertz CT molecular complexity index is 480. The molecule has 0 aromatic heterocycles. The molecule has 0 unspecified atom stereocenters. The van der Waals surface area contributed by atoms with Crippen molar-refractivity contribution in [3.05, 3.63) is 65.5 Å². The Hall–Kier alpha value is -1.83. The van der Waals surface area contributed by atoms with Crippen LogP contribution in [0, 0.1) is 12.7 Å². The molecule has 0 aliphatic rings. The van der Waals surface area contributed by atoms with Crippen LogP contribution in [0.15, 0.2) is 48.5 Å². The average Bonchev–Trinajstić information content (AvgIpc) is 2.28. The molecule has 16 heavy (non-hydrogen) atoms. The van der Waals surface area contributed by atoms with E-state index in [0.717, 1.165) is 12.2 Å². The smallest absolute Gasteiger partial charge is 0.125 e. The van der Waals surface area contributed by atoms with Gasteiger partial charge in [-0.25, -0.2) is 4.39 Å². The van der Waals surface area contributed by atoms with Crippen LogP contribution < -0.4 is 5.32 Å². The van der Waals surface area contributed by atoms with Crippen LogP contribution >= 0.6 is 0 Å². The van der Waals surface area contributed by atoms with E-state index in [0.29, 0.717) is 0 Å². The lowest BCUT2D eigenvalue weighted by Crippen LogP contribution is -2.01. The van der Waals surface area contributed by atoms with Gasteiger partial charge in [-0.15, -0.1) is 0 Å². The van der Waals surface area contributed by atoms with Gasteiger partial charge >= 0.3 is 0 Å². The van der Waals surface area contributed by atoms with Gasteiger partial charge in [0.05, 0.1) is 0 Å². The molecule has 0 saturated heterocycles. The summed E-state index contributed by atoms with van der Waals surface area (Å²) in [5, 5.41) is 3.20. The van der Waals surface area contributed by atoms with E-state index in [-0.39, 0.29) is 5.82 Å². The minimum absolute atomic E-state index is 0.213. The van der Waals surface area contributed by atoms with Gasteiger partial charge in [0, 0.05) is 12.2 Å². The molecule has 0 aliphatic heterocycles. The molecule has 0 heterocycles. The van der Waals surface area contributed by atoms with Gasteiger partial charge in [-0.3, -0.25) is 0 Å². The first-order valence-corrected chi connectivity index (χ1v) is 5.29. The van der Waals surface area contributed by atoms with Crippen molar-refractivity contribution in [3.8, 4) is 0 Å². The zero-order valence-electron chi connectivity index (χ0n) is 9.20. The second-order valence-electron chi connectivity index (χ2n) is 3.79. The van der Waals surface area contributed by atoms with Gasteiger partial charge in [0.25, 0.3) is 0 Å². The molecule has 0 aliphatic carbocycles. The maximum Gasteiger partial charge on any atom is 0.125 e. The maximum absolute atomic E-state index is 12.9. The molecule has 0 amide bonds. The van der Waals surface area contributed by atoms with Crippen LogP contribution in [-0.4, -0.2) is 0 Å². The van der Waals surface area contributed by atoms with E-state index in [1.165, 1.54) is 23.3 Å². The number of benzene rings is 2. The van der Waals surface area contributed by atoms with E-state index in [2.05, 4.69) is 24.4 Å². The van der Waals surface area contributed by atoms with Gasteiger partial charge in [0.15, 0.2) is 0 Å². The zero-order valence-corrected chi connectivity index (χ0v) is 9.20. The lowest BCUT2D eigenvalue weighted by molar-refractivity contribution is 0.628. The summed E-state index contributed by atoms with van der Waals surface area (Å²) in [6.07, 6.45) is 0. The highest BCUT2D eigenvalue weighted by Gasteiger charge is 1.97. The van der Waals surface area contributed by atoms with Crippen molar-refractivity contribution in [2.75, 3.05) is 5.32 Å². The minimum atomic E-state index is -0.213. The molecule has 2 aromatic rings. The highest BCUT2D eigenvalue weighted by atomic mass is 19.1. The van der Waals surface area contributed by atoms with Gasteiger partial charge in [0.2, 0.25) is 0 Å². The topological polar surface area (TPSA) is 12.0 Å². The summed E-state index contributed by atoms with van der Waals surface area (Å²) in [4.78, 5) is 0. The van der Waals surface area contributed by atoms with Crippen LogP contribution in [0.2, 0.25) is 0 Å². The largest absolute Gasteiger partial charge is 0.381 e. The number of halogens is 1. The van der Waals surface area contributed by atoms with Crippen LogP contribution in [-0.2, 0) is 6.54 Å². The molecule has 2 aromatic carbocycles. The fraction of sp³-hybridized carbons (Fsp3) is 0.143. The monoisotopic (exact) mass is 215 g/mol. The number of nitrogens with one attached hydrogen (secondary N) is 1. The summed E-state index contributed by atoms with van der Waals surface area (Å²) in [6.45, 7) is 2.79. The van der Waals surface area contributed by atoms with Crippen LogP contribution in [0.25, 0.3) is 0 Å². The van der Waals surface area contributed by atoms with Crippen molar-refractivity contribution < 1.29 is 4.39 Å². The van der Waals surface area contributed by atoms with Crippen LogP contribution in [0.4, 0.5) is 10.1 Å². The second-order valence-corrected chi connectivity index (χ2v) is 3.79. The van der Waals surface area contributed by atoms with E-state index in [1.54, 1.807) is 6.07 Å². The Kier molecular flexibility index (Phi) is 3.20. The van der Waals surface area contributed by atoms with Gasteiger partial charge in [-0.1, -0.05) is 30.3 Å². The summed E-state index contributed by atoms with van der Waals surface area (Å²) >= 11 is 0. The first-order chi connectivity index (χ1) is 7.75. The van der Waals surface area contributed by atoms with Crippen LogP contribution in [0.3, 0.4) is 0 Å². The summed E-state index contributed by atoms with van der Waals surface area (Å²) in [5.74, 6) is -0.213. The van der Waals surface area contributed by atoms with Gasteiger partial charge in [0.1, 0.15) is 5.82 Å². The fourth-order valence-corrected chi connectivity index (χ4v) is 1.60. The Balaban J connectivity index is 2.05. The Morgan fingerprint density at radius 3 is 2.62 bits per heavy atom. The van der Waals surface area contributed by atoms with Crippen molar-refractivity contribution >= 4 is 5.69 Å². The number of anilines is 1. The minimum Gasteiger partial charge on any atom is -0.381 e. The van der Waals surface area contributed by atoms with E-state index in [9.17, 15) is 4.39 Å². The van der Waals surface area contributed by atoms with Crippen LogP contribution in [0.5, 0.6) is 0 Å². The number of aryl methyl sites for hydroxylation is 1. The molecule has 0 radical (unpaired) electrons. The molecule has 0 saturated carbocycles. The standard InChI is InChI=1S/C14H14FN/c1-11-5-2-3-6-12(11)10-16-14-8-4-7-13(15)9-14/h2-9,16H,10H2,1H3. The summed E-state index contributed by atoms with van der Waals surface area (Å²) in [5.41, 5.74) is 3.28. The predicted octanol–water partition coefficient (Wildman–Crippen LogP) is 3.75. The molecule has 2 heteroatoms. The van der Waals surface area contributed by atoms with Crippen molar-refractivity contribution in [1.29, 1.82) is 0 Å². The molecule has 0 atom stereocenters. The van der Waals surface area contributed by atoms with Gasteiger partial charge < -0.3 is 5.32 Å². The van der Waals surface area contributed by atoms with Crippen LogP contribution in [0.1, 0.15) is 11.1 Å². The summed E-state index contributed by atoms with van der Waals surface area (Å²) in [7, 11) is 0. The summed E-state index contributed by atoms with van der Waals surface area (Å²) < 4.78 is 12.9. The third-order valence-electron chi connectivity index (χ3n) is 2.57. The SMILES string of the molecule is Cc1ccccc1CNc1cccc(F)c1. The van der Waals surface area contributed by atoms with E-state index in [4.69, 9.17) is 0 Å². The third-order valence-corrected chi connectivity index (χ3v) is 2.57. The Morgan fingerprint density at radius 1 is 1.06 bits per heavy atom. The Labute approximate surface area is 94.9 Å². The first kappa shape index (κ1) is 10.7. The molecular weight excluding hydrogens is 201 g/mol. The highest BCUT2D eigenvalue weighted by Crippen LogP contribution is 2.13. The molecule has 1 nitrogen and oxygen atoms in total. The molecule has 0 spiro atoms. The van der Waals surface area contributed by atoms with Gasteiger partial charge in [-0.2, -0.15) is 0 Å². The van der Waals surface area contributed by atoms with Crippen molar-refractivity contribution in [2.24, 2.45) is 0 Å². The molecule has 82 valence electrons. The first-order valence-electron chi connectivity index (χ1n) is 5.29. The number of hydrogen-bond donors (Lipinski definition) is 1. The normalized spacial score (nSPS) is 10.1. The van der Waals surface area contributed by atoms with E-state index >= 15 is 0 Å². The van der Waals surface area contributed by atoms with Crippen molar-refractivity contribution in [1.82, 2.24) is 0 Å². The van der Waals surface area contributed by atoms with E-state index < -0.39 is 0 Å². The molecule has 0 bridgehead atoms. The lowest BCUT2D eigenvalue weighted by atomic mass is 10.1. The van der Waals surface area contributed by atoms with Gasteiger partial charge in [-0.05, 0) is 36.2 Å². The van der Waals surface area contributed by atoms with Crippen molar-refractivity contribution in [2.45, 2.75) is 13.5 Å². The molecular formula is C14H14FN. The lowest BCUT2D eigenvalue weighted by Gasteiger charge is -2.08. The molecule has 2 rings (SSSR count). The molecule has 1 N–H and O–H groups in total. The molecule has 0 fully saturated rings. The Morgan fingerprint density at radius 2 is 1.88 bits per heavy atom. The second kappa shape index (κ2) is 4.79. The average molecular weight is 215 g/mol. The van der Waals surface area contributed by atoms with Crippen molar-refractivity contribution in [3.63, 3.8) is 0 Å². The summed E-state index contributed by atoms with van der Waals surface area (Å²) in [6, 6.07) is 14.7. The quantitative estimate of drug-likeness (QED) is 0.822. The fourth-order valence-electron chi connectivity index (χ4n) is 1.60. The highest BCUT2D eigenvalue weighted by molar-refractivity contribution is 5.44. The van der Waals surface area contributed by atoms with E-state index in [1.807, 2.05) is 18.2 Å². The number of rotatable bonds is 3. The predicted molar refractivity (Wildman–Crippen MR) is 64.9 cm³/mol. The zero-order chi connectivity index (χ0) is 11.4. The maximum atomic E-state index is 12.9.